The number of carbonyl (C=O) groups is 2. The van der Waals surface area contributed by atoms with Gasteiger partial charge in [-0.25, -0.2) is 0 Å². The first-order chi connectivity index (χ1) is 15.1. The highest BCUT2D eigenvalue weighted by Gasteiger charge is 2.67. The van der Waals surface area contributed by atoms with Gasteiger partial charge < -0.3 is 4.74 Å². The van der Waals surface area contributed by atoms with Crippen LogP contribution in [0, 0.1) is 28.6 Å². The van der Waals surface area contributed by atoms with Crippen LogP contribution in [0.2, 0.25) is 0 Å². The molecule has 3 nitrogen and oxygen atoms in total. The summed E-state index contributed by atoms with van der Waals surface area (Å²) in [6, 6.07) is 10.6. The summed E-state index contributed by atoms with van der Waals surface area (Å²) in [5.74, 6) is 0.551. The van der Waals surface area contributed by atoms with Crippen LogP contribution in [0.3, 0.4) is 0 Å². The number of ketones is 1. The van der Waals surface area contributed by atoms with Gasteiger partial charge in [-0.05, 0) is 53.9 Å². The van der Waals surface area contributed by atoms with E-state index >= 15 is 0 Å². The van der Waals surface area contributed by atoms with Crippen LogP contribution in [0.25, 0.3) is 0 Å². The molecule has 1 aromatic rings. The van der Waals surface area contributed by atoms with Crippen molar-refractivity contribution in [1.82, 2.24) is 0 Å². The highest BCUT2D eigenvalue weighted by Crippen LogP contribution is 2.64. The third-order valence-electron chi connectivity index (χ3n) is 9.56. The van der Waals surface area contributed by atoms with Crippen LogP contribution in [0.1, 0.15) is 85.1 Å². The molecular weight excluding hydrogens is 396 g/mol. The molecule has 6 atom stereocenters. The molecule has 0 spiro atoms. The summed E-state index contributed by atoms with van der Waals surface area (Å²) in [6.07, 6.45) is 5.42. The van der Waals surface area contributed by atoms with E-state index in [9.17, 15) is 9.59 Å². The lowest BCUT2D eigenvalue weighted by atomic mass is 9.59. The molecule has 3 heteroatoms. The number of Topliss-reactive ketones (excluding diaryl/α,β-unsaturated/α-hetero) is 1. The largest absolute Gasteiger partial charge is 0.461 e. The van der Waals surface area contributed by atoms with Gasteiger partial charge in [0.25, 0.3) is 0 Å². The Morgan fingerprint density at radius 2 is 1.91 bits per heavy atom. The van der Waals surface area contributed by atoms with Crippen molar-refractivity contribution in [2.45, 2.75) is 91.1 Å². The van der Waals surface area contributed by atoms with E-state index in [1.54, 1.807) is 0 Å². The molecule has 174 valence electrons. The van der Waals surface area contributed by atoms with Gasteiger partial charge in [-0.2, -0.15) is 0 Å². The number of benzene rings is 1. The van der Waals surface area contributed by atoms with E-state index in [0.717, 1.165) is 37.7 Å². The topological polar surface area (TPSA) is 43.4 Å². The number of allylic oxidation sites excluding steroid dienone is 1. The van der Waals surface area contributed by atoms with Crippen molar-refractivity contribution in [3.05, 3.63) is 48.0 Å². The molecule has 1 unspecified atom stereocenters. The number of hydrogen-bond acceptors (Lipinski definition) is 3. The van der Waals surface area contributed by atoms with Gasteiger partial charge in [0, 0.05) is 12.3 Å². The van der Waals surface area contributed by atoms with Gasteiger partial charge in [0.1, 0.15) is 11.5 Å². The molecule has 1 aromatic carbocycles. The average molecular weight is 437 g/mol. The third kappa shape index (κ3) is 3.38. The molecule has 0 aliphatic heterocycles. The number of esters is 1. The lowest BCUT2D eigenvalue weighted by molar-refractivity contribution is -0.178. The Morgan fingerprint density at radius 1 is 1.22 bits per heavy atom. The zero-order chi connectivity index (χ0) is 23.3. The molecule has 2 bridgehead atoms. The van der Waals surface area contributed by atoms with Crippen LogP contribution >= 0.6 is 0 Å². The predicted octanol–water partition coefficient (Wildman–Crippen LogP) is 6.65. The minimum Gasteiger partial charge on any atom is -0.461 e. The lowest BCUT2D eigenvalue weighted by Gasteiger charge is -2.46. The Labute approximate surface area is 194 Å². The van der Waals surface area contributed by atoms with Crippen LogP contribution in [-0.2, 0) is 19.7 Å². The minimum absolute atomic E-state index is 0.00199. The highest BCUT2D eigenvalue weighted by atomic mass is 16.5. The quantitative estimate of drug-likeness (QED) is 0.295. The van der Waals surface area contributed by atoms with Crippen LogP contribution in [0.5, 0.6) is 0 Å². The smallest absolute Gasteiger partial charge is 0.320 e. The summed E-state index contributed by atoms with van der Waals surface area (Å²) in [5.41, 5.74) is 1.06. The van der Waals surface area contributed by atoms with Crippen molar-refractivity contribution in [2.75, 3.05) is 0 Å². The maximum atomic E-state index is 13.9. The average Bonchev–Trinajstić information content (AvgIpc) is 2.94. The molecular formula is C29H40O3. The Hall–Kier alpha value is -1.90. The second-order valence-electron chi connectivity index (χ2n) is 11.6. The lowest BCUT2D eigenvalue weighted by Crippen LogP contribution is -2.52. The molecule has 4 rings (SSSR count). The van der Waals surface area contributed by atoms with Crippen molar-refractivity contribution in [3.63, 3.8) is 0 Å². The molecule has 3 aliphatic carbocycles. The molecule has 3 saturated carbocycles. The molecule has 0 amide bonds. The highest BCUT2D eigenvalue weighted by molar-refractivity contribution is 6.06. The Kier molecular flexibility index (Phi) is 5.92. The summed E-state index contributed by atoms with van der Waals surface area (Å²) in [6.45, 7) is 15.4. The number of hydrogen-bond donors (Lipinski definition) is 0. The third-order valence-corrected chi connectivity index (χ3v) is 9.56. The van der Waals surface area contributed by atoms with E-state index in [4.69, 9.17) is 4.74 Å². The maximum absolute atomic E-state index is 13.9. The number of rotatable bonds is 5. The fourth-order valence-corrected chi connectivity index (χ4v) is 7.43. The van der Waals surface area contributed by atoms with Crippen LogP contribution in [-0.4, -0.2) is 17.9 Å². The summed E-state index contributed by atoms with van der Waals surface area (Å²) < 4.78 is 6.44. The van der Waals surface area contributed by atoms with Crippen LogP contribution < -0.4 is 0 Å². The molecule has 0 aromatic heterocycles. The maximum Gasteiger partial charge on any atom is 0.320 e. The Balaban J connectivity index is 1.66. The summed E-state index contributed by atoms with van der Waals surface area (Å²) in [5, 5.41) is 0. The van der Waals surface area contributed by atoms with E-state index in [1.807, 2.05) is 6.07 Å². The van der Waals surface area contributed by atoms with E-state index in [2.05, 4.69) is 65.5 Å². The SMILES string of the molecule is C=C1C[C@@]2(C(=O)O[C@@H]3C[C@H](C)CC[C@H]3C(C)(C)c3ccccc3)C(=O)CC[C@]1(C)C2CC. The molecule has 3 fully saturated rings. The summed E-state index contributed by atoms with van der Waals surface area (Å²) >= 11 is 0. The van der Waals surface area contributed by atoms with Gasteiger partial charge in [0.15, 0.2) is 5.78 Å². The normalized spacial score (nSPS) is 37.4. The monoisotopic (exact) mass is 436 g/mol. The number of carbonyl (C=O) groups excluding carboxylic acids is 2. The van der Waals surface area contributed by atoms with Gasteiger partial charge in [-0.15, -0.1) is 0 Å². The van der Waals surface area contributed by atoms with E-state index in [1.165, 1.54) is 5.56 Å². The molecule has 0 saturated heterocycles. The van der Waals surface area contributed by atoms with Crippen molar-refractivity contribution < 1.29 is 14.3 Å². The molecule has 0 N–H and O–H groups in total. The first-order valence-corrected chi connectivity index (χ1v) is 12.6. The van der Waals surface area contributed by atoms with Gasteiger partial charge in [-0.1, -0.05) is 89.9 Å². The number of fused-ring (bicyclic) bond motifs is 2. The van der Waals surface area contributed by atoms with E-state index in [-0.39, 0.29) is 40.5 Å². The van der Waals surface area contributed by atoms with E-state index in [0.29, 0.717) is 18.8 Å². The van der Waals surface area contributed by atoms with Gasteiger partial charge >= 0.3 is 5.97 Å². The molecule has 0 heterocycles. The Bertz CT molecular complexity index is 900. The fourth-order valence-electron chi connectivity index (χ4n) is 7.43. The first-order valence-electron chi connectivity index (χ1n) is 12.6. The van der Waals surface area contributed by atoms with Crippen molar-refractivity contribution in [3.8, 4) is 0 Å². The standard InChI is InChI=1S/C29H40O3/c1-7-24-28(6)16-15-25(30)29(24,18-20(28)3)26(31)32-23-17-19(2)13-14-22(23)27(4,5)21-11-9-8-10-12-21/h8-12,19,22-24H,3,7,13-18H2,1-2,4-6H3/t19-,22-,23-,24?,28+,29+/m1/s1. The second-order valence-corrected chi connectivity index (χ2v) is 11.6. The van der Waals surface area contributed by atoms with Gasteiger partial charge in [0.05, 0.1) is 0 Å². The van der Waals surface area contributed by atoms with Gasteiger partial charge in [0.2, 0.25) is 0 Å². The van der Waals surface area contributed by atoms with Crippen molar-refractivity contribution in [2.24, 2.45) is 28.6 Å². The van der Waals surface area contributed by atoms with Crippen molar-refractivity contribution >= 4 is 11.8 Å². The molecule has 3 aliphatic rings. The molecule has 32 heavy (non-hydrogen) atoms. The minimum atomic E-state index is -1.03. The summed E-state index contributed by atoms with van der Waals surface area (Å²) in [4.78, 5) is 27.3. The fraction of sp³-hybridized carbons (Fsp3) is 0.655. The number of ether oxygens (including phenoxy) is 1. The second kappa shape index (κ2) is 8.15. The van der Waals surface area contributed by atoms with Crippen LogP contribution in [0.4, 0.5) is 0 Å². The zero-order valence-electron chi connectivity index (χ0n) is 20.6. The zero-order valence-corrected chi connectivity index (χ0v) is 20.6. The Morgan fingerprint density at radius 3 is 2.56 bits per heavy atom. The van der Waals surface area contributed by atoms with Crippen molar-refractivity contribution in [1.29, 1.82) is 0 Å². The first kappa shape index (κ1) is 23.3. The van der Waals surface area contributed by atoms with Crippen LogP contribution in [0.15, 0.2) is 42.5 Å². The predicted molar refractivity (Wildman–Crippen MR) is 128 cm³/mol. The van der Waals surface area contributed by atoms with Gasteiger partial charge in [-0.3, -0.25) is 9.59 Å². The molecule has 0 radical (unpaired) electrons. The summed E-state index contributed by atoms with van der Waals surface area (Å²) in [7, 11) is 0. The van der Waals surface area contributed by atoms with E-state index < -0.39 is 5.41 Å².